The zero-order valence-corrected chi connectivity index (χ0v) is 11.2. The molecule has 0 saturated heterocycles. The Hall–Kier alpha value is -2.10. The molecule has 19 heavy (non-hydrogen) atoms. The van der Waals surface area contributed by atoms with Gasteiger partial charge in [0.15, 0.2) is 0 Å². The molecule has 4 nitrogen and oxygen atoms in total. The number of esters is 1. The van der Waals surface area contributed by atoms with Crippen molar-refractivity contribution in [2.75, 3.05) is 18.6 Å². The van der Waals surface area contributed by atoms with E-state index in [9.17, 15) is 9.59 Å². The molecule has 0 radical (unpaired) electrons. The van der Waals surface area contributed by atoms with Crippen LogP contribution in [0, 0.1) is 0 Å². The highest BCUT2D eigenvalue weighted by molar-refractivity contribution is 5.93. The first kappa shape index (κ1) is 13.3. The lowest BCUT2D eigenvalue weighted by atomic mass is 9.99. The lowest BCUT2D eigenvalue weighted by molar-refractivity contribution is -0.134. The maximum absolute atomic E-state index is 11.6. The number of rotatable bonds is 2. The molecule has 1 amide bonds. The minimum Gasteiger partial charge on any atom is -0.466 e. The van der Waals surface area contributed by atoms with E-state index >= 15 is 0 Å². The molecule has 0 saturated carbocycles. The van der Waals surface area contributed by atoms with Crippen molar-refractivity contribution in [3.8, 4) is 0 Å². The molecule has 4 heteroatoms. The Labute approximate surface area is 112 Å². The summed E-state index contributed by atoms with van der Waals surface area (Å²) >= 11 is 0. The topological polar surface area (TPSA) is 46.6 Å². The first-order valence-electron chi connectivity index (χ1n) is 6.29. The van der Waals surface area contributed by atoms with Gasteiger partial charge in [0, 0.05) is 25.2 Å². The van der Waals surface area contributed by atoms with E-state index in [0.29, 0.717) is 0 Å². The molecule has 0 atom stereocenters. The van der Waals surface area contributed by atoms with Crippen LogP contribution < -0.4 is 4.90 Å². The van der Waals surface area contributed by atoms with E-state index in [2.05, 4.69) is 4.74 Å². The number of anilines is 1. The van der Waals surface area contributed by atoms with Gasteiger partial charge in [0.05, 0.1) is 7.11 Å². The fourth-order valence-electron chi connectivity index (χ4n) is 2.28. The second-order valence-corrected chi connectivity index (χ2v) is 4.52. The van der Waals surface area contributed by atoms with Gasteiger partial charge in [0.25, 0.3) is 0 Å². The van der Waals surface area contributed by atoms with Crippen LogP contribution >= 0.6 is 0 Å². The van der Waals surface area contributed by atoms with Gasteiger partial charge in [-0.15, -0.1) is 0 Å². The van der Waals surface area contributed by atoms with Gasteiger partial charge < -0.3 is 9.64 Å². The van der Waals surface area contributed by atoms with Gasteiger partial charge in [-0.2, -0.15) is 0 Å². The average molecular weight is 259 g/mol. The number of methoxy groups -OCH3 is 1. The summed E-state index contributed by atoms with van der Waals surface area (Å²) in [7, 11) is 1.35. The van der Waals surface area contributed by atoms with Crippen molar-refractivity contribution < 1.29 is 14.3 Å². The Bertz CT molecular complexity index is 534. The van der Waals surface area contributed by atoms with Gasteiger partial charge in [0.1, 0.15) is 0 Å². The maximum atomic E-state index is 11.6. The van der Waals surface area contributed by atoms with Gasteiger partial charge in [-0.05, 0) is 42.2 Å². The highest BCUT2D eigenvalue weighted by Crippen LogP contribution is 2.28. The SMILES string of the molecule is COC(=O)/C=C/c1ccc2c(c1)CCCN2C(C)=O. The molecular weight excluding hydrogens is 242 g/mol. The van der Waals surface area contributed by atoms with Crippen molar-refractivity contribution in [2.45, 2.75) is 19.8 Å². The summed E-state index contributed by atoms with van der Waals surface area (Å²) in [6, 6.07) is 5.86. The second-order valence-electron chi connectivity index (χ2n) is 4.52. The predicted octanol–water partition coefficient (Wildman–Crippen LogP) is 2.17. The summed E-state index contributed by atoms with van der Waals surface area (Å²) < 4.78 is 4.55. The third kappa shape index (κ3) is 3.02. The van der Waals surface area contributed by atoms with E-state index in [1.54, 1.807) is 17.9 Å². The normalized spacial score (nSPS) is 14.3. The number of fused-ring (bicyclic) bond motifs is 1. The predicted molar refractivity (Wildman–Crippen MR) is 73.8 cm³/mol. The van der Waals surface area contributed by atoms with Gasteiger partial charge in [-0.1, -0.05) is 6.07 Å². The van der Waals surface area contributed by atoms with Gasteiger partial charge in [0.2, 0.25) is 5.91 Å². The lowest BCUT2D eigenvalue weighted by Gasteiger charge is -2.28. The third-order valence-electron chi connectivity index (χ3n) is 3.22. The molecule has 0 aliphatic carbocycles. The smallest absolute Gasteiger partial charge is 0.330 e. The average Bonchev–Trinajstić information content (AvgIpc) is 2.43. The maximum Gasteiger partial charge on any atom is 0.330 e. The van der Waals surface area contributed by atoms with Gasteiger partial charge in [-0.3, -0.25) is 4.79 Å². The van der Waals surface area contributed by atoms with Crippen molar-refractivity contribution in [3.05, 3.63) is 35.4 Å². The molecule has 1 aliphatic rings. The van der Waals surface area contributed by atoms with E-state index in [1.807, 2.05) is 18.2 Å². The van der Waals surface area contributed by atoms with Gasteiger partial charge >= 0.3 is 5.97 Å². The van der Waals surface area contributed by atoms with Crippen molar-refractivity contribution >= 4 is 23.6 Å². The van der Waals surface area contributed by atoms with E-state index < -0.39 is 0 Å². The zero-order chi connectivity index (χ0) is 13.8. The molecule has 0 spiro atoms. The summed E-state index contributed by atoms with van der Waals surface area (Å²) in [4.78, 5) is 24.4. The van der Waals surface area contributed by atoms with Crippen molar-refractivity contribution in [2.24, 2.45) is 0 Å². The number of benzene rings is 1. The highest BCUT2D eigenvalue weighted by Gasteiger charge is 2.19. The van der Waals surface area contributed by atoms with Crippen LogP contribution in [0.3, 0.4) is 0 Å². The Kier molecular flexibility index (Phi) is 4.00. The molecular formula is C15H17NO3. The van der Waals surface area contributed by atoms with E-state index in [0.717, 1.165) is 36.2 Å². The van der Waals surface area contributed by atoms with E-state index in [1.165, 1.54) is 13.2 Å². The van der Waals surface area contributed by atoms with Crippen LogP contribution in [0.4, 0.5) is 5.69 Å². The van der Waals surface area contributed by atoms with Crippen LogP contribution in [-0.4, -0.2) is 25.5 Å². The second kappa shape index (κ2) is 5.69. The van der Waals surface area contributed by atoms with Gasteiger partial charge in [-0.25, -0.2) is 4.79 Å². The molecule has 0 aromatic heterocycles. The number of aryl methyl sites for hydroxylation is 1. The fraction of sp³-hybridized carbons (Fsp3) is 0.333. The Morgan fingerprint density at radius 2 is 2.16 bits per heavy atom. The summed E-state index contributed by atoms with van der Waals surface area (Å²) in [6.45, 7) is 2.36. The van der Waals surface area contributed by atoms with E-state index in [4.69, 9.17) is 0 Å². The van der Waals surface area contributed by atoms with Crippen molar-refractivity contribution in [3.63, 3.8) is 0 Å². The minimum atomic E-state index is -0.372. The monoisotopic (exact) mass is 259 g/mol. The van der Waals surface area contributed by atoms with Crippen LogP contribution in [0.25, 0.3) is 6.08 Å². The zero-order valence-electron chi connectivity index (χ0n) is 11.2. The molecule has 1 aliphatic heterocycles. The molecule has 0 fully saturated rings. The molecule has 0 unspecified atom stereocenters. The first-order chi connectivity index (χ1) is 9.11. The number of nitrogens with zero attached hydrogens (tertiary/aromatic N) is 1. The number of carbonyl (C=O) groups excluding carboxylic acids is 2. The summed E-state index contributed by atoms with van der Waals surface area (Å²) in [5.41, 5.74) is 3.07. The van der Waals surface area contributed by atoms with Crippen LogP contribution in [0.2, 0.25) is 0 Å². The molecule has 1 aromatic rings. The highest BCUT2D eigenvalue weighted by atomic mass is 16.5. The Balaban J connectivity index is 2.26. The third-order valence-corrected chi connectivity index (χ3v) is 3.22. The largest absolute Gasteiger partial charge is 0.466 e. The van der Waals surface area contributed by atoms with E-state index in [-0.39, 0.29) is 11.9 Å². The Morgan fingerprint density at radius 1 is 1.37 bits per heavy atom. The van der Waals surface area contributed by atoms with Crippen molar-refractivity contribution in [1.82, 2.24) is 0 Å². The van der Waals surface area contributed by atoms with Crippen LogP contribution in [0.5, 0.6) is 0 Å². The number of carbonyl (C=O) groups is 2. The fourth-order valence-corrected chi connectivity index (χ4v) is 2.28. The summed E-state index contributed by atoms with van der Waals surface area (Å²) in [5.74, 6) is -0.304. The molecule has 2 rings (SSSR count). The minimum absolute atomic E-state index is 0.0683. The number of hydrogen-bond donors (Lipinski definition) is 0. The lowest BCUT2D eigenvalue weighted by Crippen LogP contribution is -2.33. The first-order valence-corrected chi connectivity index (χ1v) is 6.29. The quantitative estimate of drug-likeness (QED) is 0.604. The van der Waals surface area contributed by atoms with Crippen LogP contribution in [0.15, 0.2) is 24.3 Å². The Morgan fingerprint density at radius 3 is 2.84 bits per heavy atom. The number of hydrogen-bond acceptors (Lipinski definition) is 3. The molecule has 0 N–H and O–H groups in total. The van der Waals surface area contributed by atoms with Crippen LogP contribution in [0.1, 0.15) is 24.5 Å². The standard InChI is InChI=1S/C15H17NO3/c1-11(17)16-9-3-4-13-10-12(5-7-14(13)16)6-8-15(18)19-2/h5-8,10H,3-4,9H2,1-2H3/b8-6+. The van der Waals surface area contributed by atoms with Crippen LogP contribution in [-0.2, 0) is 20.7 Å². The van der Waals surface area contributed by atoms with Crippen molar-refractivity contribution in [1.29, 1.82) is 0 Å². The molecule has 100 valence electrons. The number of ether oxygens (including phenoxy) is 1. The summed E-state index contributed by atoms with van der Waals surface area (Å²) in [5, 5.41) is 0. The summed E-state index contributed by atoms with van der Waals surface area (Å²) in [6.07, 6.45) is 5.04. The molecule has 0 bridgehead atoms. The molecule has 1 aromatic carbocycles. The molecule has 1 heterocycles. The number of amides is 1.